The van der Waals surface area contributed by atoms with Crippen LogP contribution < -0.4 is 15.4 Å². The summed E-state index contributed by atoms with van der Waals surface area (Å²) >= 11 is 0. The fraction of sp³-hybridized carbons (Fsp3) is 0.381. The number of anilines is 1. The summed E-state index contributed by atoms with van der Waals surface area (Å²) in [4.78, 5) is 14.4. The minimum absolute atomic E-state index is 0.242. The lowest BCUT2D eigenvalue weighted by Gasteiger charge is -2.14. The maximum absolute atomic E-state index is 12.3. The van der Waals surface area contributed by atoms with Crippen molar-refractivity contribution >= 4 is 11.7 Å². The Morgan fingerprint density at radius 2 is 1.88 bits per heavy atom. The van der Waals surface area contributed by atoms with E-state index < -0.39 is 0 Å². The summed E-state index contributed by atoms with van der Waals surface area (Å²) in [5.74, 6) is 0.704. The van der Waals surface area contributed by atoms with Crippen LogP contribution >= 0.6 is 0 Å². The number of hydrogen-bond acceptors (Lipinski definition) is 3. The number of carbonyl (C=O) groups is 1. The summed E-state index contributed by atoms with van der Waals surface area (Å²) in [6.45, 7) is 6.04. The lowest BCUT2D eigenvalue weighted by molar-refractivity contribution is 0.251. The van der Waals surface area contributed by atoms with E-state index >= 15 is 0 Å². The van der Waals surface area contributed by atoms with Crippen molar-refractivity contribution < 1.29 is 9.53 Å². The van der Waals surface area contributed by atoms with Crippen molar-refractivity contribution in [2.45, 2.75) is 33.4 Å². The van der Waals surface area contributed by atoms with Crippen molar-refractivity contribution in [3.63, 3.8) is 0 Å². The van der Waals surface area contributed by atoms with Gasteiger partial charge in [-0.05, 0) is 56.3 Å². The minimum atomic E-state index is -0.242. The van der Waals surface area contributed by atoms with Crippen LogP contribution in [0.2, 0.25) is 0 Å². The van der Waals surface area contributed by atoms with Crippen molar-refractivity contribution in [2.24, 2.45) is 0 Å². The van der Waals surface area contributed by atoms with E-state index in [1.165, 1.54) is 5.56 Å². The lowest BCUT2D eigenvalue weighted by Crippen LogP contribution is -2.28. The molecule has 0 heterocycles. The smallest absolute Gasteiger partial charge is 0.319 e. The van der Waals surface area contributed by atoms with Gasteiger partial charge in [0.2, 0.25) is 0 Å². The SMILES string of the molecule is CCCOc1cc(C)ccc1NC(=O)NCc1cccc(CN(C)C)c1. The highest BCUT2D eigenvalue weighted by Gasteiger charge is 2.08. The van der Waals surface area contributed by atoms with Gasteiger partial charge in [-0.1, -0.05) is 37.3 Å². The summed E-state index contributed by atoms with van der Waals surface area (Å²) in [5, 5.41) is 5.79. The maximum atomic E-state index is 12.3. The number of ether oxygens (including phenoxy) is 1. The number of carbonyl (C=O) groups excluding carboxylic acids is 1. The van der Waals surface area contributed by atoms with Crippen molar-refractivity contribution in [3.05, 3.63) is 59.2 Å². The molecule has 2 N–H and O–H groups in total. The predicted octanol–water partition coefficient (Wildman–Crippen LogP) is 4.17. The van der Waals surface area contributed by atoms with E-state index in [4.69, 9.17) is 4.74 Å². The second-order valence-electron chi connectivity index (χ2n) is 6.71. The van der Waals surface area contributed by atoms with Crippen LogP contribution in [0.3, 0.4) is 0 Å². The molecule has 140 valence electrons. The number of rotatable bonds is 8. The first-order valence-corrected chi connectivity index (χ1v) is 8.98. The van der Waals surface area contributed by atoms with Gasteiger partial charge in [0.25, 0.3) is 0 Å². The van der Waals surface area contributed by atoms with Crippen LogP contribution in [0.1, 0.15) is 30.0 Å². The first-order chi connectivity index (χ1) is 12.5. The number of urea groups is 1. The normalized spacial score (nSPS) is 10.7. The Labute approximate surface area is 156 Å². The fourth-order valence-electron chi connectivity index (χ4n) is 2.62. The summed E-state index contributed by atoms with van der Waals surface area (Å²) in [5.41, 5.74) is 4.08. The summed E-state index contributed by atoms with van der Waals surface area (Å²) in [6, 6.07) is 13.8. The summed E-state index contributed by atoms with van der Waals surface area (Å²) < 4.78 is 5.74. The quantitative estimate of drug-likeness (QED) is 0.747. The Kier molecular flexibility index (Phi) is 7.48. The zero-order chi connectivity index (χ0) is 18.9. The predicted molar refractivity (Wildman–Crippen MR) is 107 cm³/mol. The molecule has 26 heavy (non-hydrogen) atoms. The van der Waals surface area contributed by atoms with Gasteiger partial charge >= 0.3 is 6.03 Å². The largest absolute Gasteiger partial charge is 0.491 e. The van der Waals surface area contributed by atoms with Crippen LogP contribution in [0.4, 0.5) is 10.5 Å². The third kappa shape index (κ3) is 6.41. The molecule has 0 aliphatic heterocycles. The molecule has 2 amide bonds. The Morgan fingerprint density at radius 1 is 1.12 bits per heavy atom. The van der Waals surface area contributed by atoms with E-state index in [0.29, 0.717) is 24.6 Å². The highest BCUT2D eigenvalue weighted by Crippen LogP contribution is 2.25. The second kappa shape index (κ2) is 9.82. The monoisotopic (exact) mass is 355 g/mol. The van der Waals surface area contributed by atoms with Crippen LogP contribution in [0.5, 0.6) is 5.75 Å². The van der Waals surface area contributed by atoms with Gasteiger partial charge in [0, 0.05) is 13.1 Å². The van der Waals surface area contributed by atoms with E-state index in [2.05, 4.69) is 34.6 Å². The van der Waals surface area contributed by atoms with E-state index in [9.17, 15) is 4.79 Å². The molecule has 0 spiro atoms. The molecule has 0 aromatic heterocycles. The molecule has 5 heteroatoms. The van der Waals surface area contributed by atoms with Crippen molar-refractivity contribution in [1.29, 1.82) is 0 Å². The molecule has 2 aromatic carbocycles. The van der Waals surface area contributed by atoms with Gasteiger partial charge in [-0.25, -0.2) is 4.79 Å². The molecule has 0 aliphatic rings. The molecule has 0 atom stereocenters. The van der Waals surface area contributed by atoms with Crippen molar-refractivity contribution in [3.8, 4) is 5.75 Å². The first-order valence-electron chi connectivity index (χ1n) is 8.98. The number of aryl methyl sites for hydroxylation is 1. The van der Waals surface area contributed by atoms with Gasteiger partial charge < -0.3 is 20.3 Å². The number of amides is 2. The third-order valence-corrected chi connectivity index (χ3v) is 3.79. The third-order valence-electron chi connectivity index (χ3n) is 3.79. The molecular weight excluding hydrogens is 326 g/mol. The van der Waals surface area contributed by atoms with E-state index in [1.54, 1.807) is 0 Å². The number of nitrogens with zero attached hydrogens (tertiary/aromatic N) is 1. The highest BCUT2D eigenvalue weighted by molar-refractivity contribution is 5.90. The highest BCUT2D eigenvalue weighted by atomic mass is 16.5. The van der Waals surface area contributed by atoms with Crippen molar-refractivity contribution in [1.82, 2.24) is 10.2 Å². The molecule has 0 radical (unpaired) electrons. The van der Waals surface area contributed by atoms with E-state index in [1.807, 2.05) is 51.4 Å². The van der Waals surface area contributed by atoms with Gasteiger partial charge in [-0.2, -0.15) is 0 Å². The molecule has 2 rings (SSSR count). The van der Waals surface area contributed by atoms with Crippen LogP contribution in [0.15, 0.2) is 42.5 Å². The Bertz CT molecular complexity index is 729. The van der Waals surface area contributed by atoms with Gasteiger partial charge in [0.15, 0.2) is 0 Å². The molecule has 0 aliphatic carbocycles. The molecular formula is C21H29N3O2. The lowest BCUT2D eigenvalue weighted by atomic mass is 10.1. The zero-order valence-electron chi connectivity index (χ0n) is 16.1. The Morgan fingerprint density at radius 3 is 2.62 bits per heavy atom. The van der Waals surface area contributed by atoms with Crippen molar-refractivity contribution in [2.75, 3.05) is 26.0 Å². The molecule has 0 saturated heterocycles. The molecule has 0 bridgehead atoms. The van der Waals surface area contributed by atoms with E-state index in [0.717, 1.165) is 24.1 Å². The first kappa shape index (κ1) is 19.8. The van der Waals surface area contributed by atoms with Crippen LogP contribution in [-0.2, 0) is 13.1 Å². The number of benzene rings is 2. The minimum Gasteiger partial charge on any atom is -0.491 e. The Balaban J connectivity index is 1.95. The average molecular weight is 355 g/mol. The molecule has 2 aromatic rings. The van der Waals surface area contributed by atoms with Crippen LogP contribution in [0, 0.1) is 6.92 Å². The summed E-state index contributed by atoms with van der Waals surface area (Å²) in [6.07, 6.45) is 0.920. The number of hydrogen-bond donors (Lipinski definition) is 2. The molecule has 0 unspecified atom stereocenters. The zero-order valence-corrected chi connectivity index (χ0v) is 16.1. The van der Waals surface area contributed by atoms with Gasteiger partial charge in [0.05, 0.1) is 12.3 Å². The standard InChI is InChI=1S/C21H29N3O2/c1-5-11-26-20-12-16(2)9-10-19(20)23-21(25)22-14-17-7-6-8-18(13-17)15-24(3)4/h6-10,12-13H,5,11,14-15H2,1-4H3,(H2,22,23,25). The van der Waals surface area contributed by atoms with Gasteiger partial charge in [-0.3, -0.25) is 0 Å². The van der Waals surface area contributed by atoms with Gasteiger partial charge in [0.1, 0.15) is 5.75 Å². The van der Waals surface area contributed by atoms with E-state index in [-0.39, 0.29) is 6.03 Å². The summed E-state index contributed by atoms with van der Waals surface area (Å²) in [7, 11) is 4.08. The average Bonchev–Trinajstić information content (AvgIpc) is 2.60. The molecule has 5 nitrogen and oxygen atoms in total. The Hall–Kier alpha value is -2.53. The second-order valence-corrected chi connectivity index (χ2v) is 6.71. The van der Waals surface area contributed by atoms with Crippen LogP contribution in [-0.4, -0.2) is 31.6 Å². The molecule has 0 saturated carbocycles. The van der Waals surface area contributed by atoms with Gasteiger partial charge in [-0.15, -0.1) is 0 Å². The number of nitrogens with one attached hydrogen (secondary N) is 2. The maximum Gasteiger partial charge on any atom is 0.319 e. The fourth-order valence-corrected chi connectivity index (χ4v) is 2.62. The topological polar surface area (TPSA) is 53.6 Å². The van der Waals surface area contributed by atoms with Crippen LogP contribution in [0.25, 0.3) is 0 Å². The molecule has 0 fully saturated rings.